The first-order valence-electron chi connectivity index (χ1n) is 12.3. The quantitative estimate of drug-likeness (QED) is 0.153. The fourth-order valence-electron chi connectivity index (χ4n) is 3.85. The molecule has 0 fully saturated rings. The second kappa shape index (κ2) is 12.2. The molecule has 3 N–H and O–H groups in total. The number of aromatic nitrogens is 3. The van der Waals surface area contributed by atoms with Gasteiger partial charge in [-0.15, -0.1) is 18.3 Å². The fourth-order valence-corrected chi connectivity index (χ4v) is 3.99. The number of aryl methyl sites for hydroxylation is 1. The van der Waals surface area contributed by atoms with Gasteiger partial charge < -0.3 is 10.5 Å². The van der Waals surface area contributed by atoms with Gasteiger partial charge >= 0.3 is 6.36 Å². The Morgan fingerprint density at radius 2 is 1.76 bits per heavy atom. The second-order valence-electron chi connectivity index (χ2n) is 9.14. The molecule has 0 spiro atoms. The van der Waals surface area contributed by atoms with Gasteiger partial charge in [0.15, 0.2) is 10.9 Å². The Balaban J connectivity index is 1.46. The molecule has 1 heterocycles. The Kier molecular flexibility index (Phi) is 8.67. The maximum Gasteiger partial charge on any atom is 0.573 e. The molecule has 0 atom stereocenters. The Morgan fingerprint density at radius 3 is 2.37 bits per heavy atom. The molecule has 0 saturated carbocycles. The zero-order valence-corrected chi connectivity index (χ0v) is 23.1. The van der Waals surface area contributed by atoms with Crippen LogP contribution in [0.4, 0.5) is 24.8 Å². The van der Waals surface area contributed by atoms with Crippen molar-refractivity contribution in [3.8, 4) is 17.1 Å². The first-order chi connectivity index (χ1) is 19.4. The van der Waals surface area contributed by atoms with Crippen LogP contribution in [0, 0.1) is 0 Å². The lowest BCUT2D eigenvalue weighted by atomic mass is 10.0. The second-order valence-corrected chi connectivity index (χ2v) is 9.56. The number of carbonyl (C=O) groups is 1. The van der Waals surface area contributed by atoms with Gasteiger partial charge in [-0.2, -0.15) is 10.1 Å². The van der Waals surface area contributed by atoms with Crippen LogP contribution in [-0.2, 0) is 7.05 Å². The smallest absolute Gasteiger partial charge is 0.406 e. The molecule has 1 amide bonds. The summed E-state index contributed by atoms with van der Waals surface area (Å²) < 4.78 is 42.3. The molecular weight excluding hydrogens is 555 g/mol. The van der Waals surface area contributed by atoms with Crippen molar-refractivity contribution in [3.63, 3.8) is 0 Å². The predicted octanol–water partition coefficient (Wildman–Crippen LogP) is 5.84. The molecule has 13 heteroatoms. The van der Waals surface area contributed by atoms with Gasteiger partial charge in [0.25, 0.3) is 5.91 Å². The maximum atomic E-state index is 12.6. The van der Waals surface area contributed by atoms with E-state index in [0.29, 0.717) is 11.4 Å². The van der Waals surface area contributed by atoms with Gasteiger partial charge in [0.05, 0.1) is 11.9 Å². The largest absolute Gasteiger partial charge is 0.573 e. The molecule has 0 aliphatic heterocycles. The molecule has 3 aromatic carbocycles. The lowest BCUT2D eigenvalue weighted by Crippen LogP contribution is -2.31. The highest BCUT2D eigenvalue weighted by Gasteiger charge is 2.31. The minimum absolute atomic E-state index is 0.115. The van der Waals surface area contributed by atoms with E-state index in [1.807, 2.05) is 36.4 Å². The Morgan fingerprint density at radius 1 is 1.10 bits per heavy atom. The predicted molar refractivity (Wildman–Crippen MR) is 155 cm³/mol. The normalized spacial score (nSPS) is 11.6. The molecule has 0 aliphatic rings. The molecule has 0 radical (unpaired) electrons. The average molecular weight is 582 g/mol. The van der Waals surface area contributed by atoms with Crippen LogP contribution >= 0.6 is 12.2 Å². The summed E-state index contributed by atoms with van der Waals surface area (Å²) in [6.45, 7) is 4.16. The van der Waals surface area contributed by atoms with E-state index < -0.39 is 18.0 Å². The van der Waals surface area contributed by atoms with Crippen molar-refractivity contribution in [2.75, 3.05) is 10.3 Å². The van der Waals surface area contributed by atoms with E-state index in [0.717, 1.165) is 28.9 Å². The van der Waals surface area contributed by atoms with Crippen molar-refractivity contribution in [2.24, 2.45) is 17.9 Å². The van der Waals surface area contributed by atoms with Gasteiger partial charge in [-0.05, 0) is 59.6 Å². The summed E-state index contributed by atoms with van der Waals surface area (Å²) in [6.07, 6.45) is -3.18. The van der Waals surface area contributed by atoms with Gasteiger partial charge in [-0.1, -0.05) is 56.3 Å². The van der Waals surface area contributed by atoms with Crippen LogP contribution in [-0.4, -0.2) is 38.4 Å². The topological polar surface area (TPSA) is 111 Å². The number of halogens is 3. The number of amides is 1. The molecule has 41 heavy (non-hydrogen) atoms. The van der Waals surface area contributed by atoms with E-state index in [4.69, 9.17) is 18.0 Å². The van der Waals surface area contributed by atoms with Crippen molar-refractivity contribution < 1.29 is 22.7 Å². The standard InChI is InChI=1S/C28H26F3N7O2S/c1-17(2)22-6-4-5-7-23(22)38(26(32)41)33-16-18-8-10-19(11-9-18)24-34-27(37(3)36-24)35-25(39)20-12-14-21(15-13-20)40-28(29,30)31/h4-17H,1-3H3,(H2,32,41)(H,34,35,36,39)/b33-16+. The number of rotatable bonds is 8. The minimum Gasteiger partial charge on any atom is -0.406 e. The highest BCUT2D eigenvalue weighted by molar-refractivity contribution is 7.80. The number of hydrogen-bond acceptors (Lipinski definition) is 6. The van der Waals surface area contributed by atoms with Gasteiger partial charge in [0, 0.05) is 18.2 Å². The number of nitrogens with zero attached hydrogens (tertiary/aromatic N) is 5. The first kappa shape index (κ1) is 29.2. The Hall–Kier alpha value is -4.78. The van der Waals surface area contributed by atoms with Gasteiger partial charge in [0.1, 0.15) is 5.75 Å². The third-order valence-corrected chi connectivity index (χ3v) is 6.00. The first-order valence-corrected chi connectivity index (χ1v) is 12.7. The molecule has 9 nitrogen and oxygen atoms in total. The minimum atomic E-state index is -4.82. The molecule has 0 saturated heterocycles. The van der Waals surface area contributed by atoms with Crippen LogP contribution in [0.25, 0.3) is 11.4 Å². The van der Waals surface area contributed by atoms with Crippen molar-refractivity contribution in [3.05, 3.63) is 89.5 Å². The lowest BCUT2D eigenvalue weighted by Gasteiger charge is -2.21. The highest BCUT2D eigenvalue weighted by Crippen LogP contribution is 2.28. The number of ether oxygens (including phenoxy) is 1. The zero-order chi connectivity index (χ0) is 29.7. The lowest BCUT2D eigenvalue weighted by molar-refractivity contribution is -0.274. The summed E-state index contributed by atoms with van der Waals surface area (Å²) >= 11 is 5.24. The summed E-state index contributed by atoms with van der Waals surface area (Å²) in [7, 11) is 1.60. The van der Waals surface area contributed by atoms with E-state index in [2.05, 4.69) is 39.1 Å². The summed E-state index contributed by atoms with van der Waals surface area (Å²) in [5, 5.41) is 13.1. The van der Waals surface area contributed by atoms with Crippen molar-refractivity contribution >= 4 is 41.1 Å². The molecule has 0 unspecified atom stereocenters. The number of anilines is 2. The Labute approximate surface area is 239 Å². The Bertz CT molecular complexity index is 1570. The number of para-hydroxylation sites is 1. The van der Waals surface area contributed by atoms with Gasteiger partial charge in [-0.3, -0.25) is 10.1 Å². The fraction of sp³-hybridized carbons (Fsp3) is 0.179. The maximum absolute atomic E-state index is 12.6. The SMILES string of the molecule is CC(C)c1ccccc1N(/N=C/c1ccc(-c2nc(NC(=O)c3ccc(OC(F)(F)F)cc3)n(C)n2)cc1)C(N)=S. The molecule has 4 rings (SSSR count). The van der Waals surface area contributed by atoms with Crippen LogP contribution in [0.1, 0.15) is 41.3 Å². The van der Waals surface area contributed by atoms with E-state index >= 15 is 0 Å². The molecule has 0 bridgehead atoms. The molecule has 4 aromatic rings. The van der Waals surface area contributed by atoms with Gasteiger partial charge in [-0.25, -0.2) is 9.69 Å². The number of hydrazone groups is 1. The molecule has 0 aliphatic carbocycles. The summed E-state index contributed by atoms with van der Waals surface area (Å²) in [5.41, 5.74) is 9.41. The van der Waals surface area contributed by atoms with Crippen LogP contribution in [0.15, 0.2) is 77.9 Å². The molecule has 1 aromatic heterocycles. The number of nitrogens with two attached hydrogens (primary N) is 1. The summed E-state index contributed by atoms with van der Waals surface area (Å²) in [4.78, 5) is 17.0. The van der Waals surface area contributed by atoms with E-state index in [-0.39, 0.29) is 22.5 Å². The summed E-state index contributed by atoms with van der Waals surface area (Å²) in [6, 6.07) is 19.6. The number of thiocarbonyl (C=S) groups is 1. The monoisotopic (exact) mass is 581 g/mol. The van der Waals surface area contributed by atoms with Crippen molar-refractivity contribution in [1.29, 1.82) is 0 Å². The molecule has 212 valence electrons. The zero-order valence-electron chi connectivity index (χ0n) is 22.3. The van der Waals surface area contributed by atoms with Crippen LogP contribution in [0.3, 0.4) is 0 Å². The number of alkyl halides is 3. The van der Waals surface area contributed by atoms with E-state index in [1.165, 1.54) is 21.8 Å². The number of hydrogen-bond donors (Lipinski definition) is 2. The van der Waals surface area contributed by atoms with Gasteiger partial charge in [0.2, 0.25) is 5.95 Å². The highest BCUT2D eigenvalue weighted by atomic mass is 32.1. The third kappa shape index (κ3) is 7.45. The van der Waals surface area contributed by atoms with Crippen LogP contribution < -0.4 is 20.8 Å². The number of carbonyl (C=O) groups excluding carboxylic acids is 1. The van der Waals surface area contributed by atoms with E-state index in [1.54, 1.807) is 25.4 Å². The third-order valence-electron chi connectivity index (χ3n) is 5.83. The van der Waals surface area contributed by atoms with Crippen molar-refractivity contribution in [2.45, 2.75) is 26.1 Å². The number of benzene rings is 3. The van der Waals surface area contributed by atoms with E-state index in [9.17, 15) is 18.0 Å². The molecular formula is C28H26F3N7O2S. The van der Waals surface area contributed by atoms with Crippen LogP contribution in [0.2, 0.25) is 0 Å². The van der Waals surface area contributed by atoms with Crippen molar-refractivity contribution in [1.82, 2.24) is 14.8 Å². The number of nitrogens with one attached hydrogen (secondary N) is 1. The van der Waals surface area contributed by atoms with Crippen LogP contribution in [0.5, 0.6) is 5.75 Å². The summed E-state index contributed by atoms with van der Waals surface area (Å²) in [5.74, 6) is -0.240. The average Bonchev–Trinajstić information content (AvgIpc) is 3.28.